The van der Waals surface area contributed by atoms with Crippen LogP contribution < -0.4 is 4.57 Å². The van der Waals surface area contributed by atoms with E-state index in [1.165, 1.54) is 49.8 Å². The highest BCUT2D eigenvalue weighted by atomic mass is 14.9. The summed E-state index contributed by atoms with van der Waals surface area (Å²) in [5, 5.41) is 2.57. The Labute approximate surface area is 193 Å². The molecular formula is C31H36N+. The highest BCUT2D eigenvalue weighted by Crippen LogP contribution is 2.39. The normalized spacial score (nSPS) is 12.4. The Hall–Kier alpha value is -2.93. The maximum atomic E-state index is 2.43. The van der Waals surface area contributed by atoms with Gasteiger partial charge in [0.05, 0.1) is 10.9 Å². The Morgan fingerprint density at radius 1 is 0.688 bits per heavy atom. The van der Waals surface area contributed by atoms with E-state index in [-0.39, 0.29) is 10.8 Å². The van der Waals surface area contributed by atoms with Gasteiger partial charge in [-0.3, -0.25) is 0 Å². The Balaban J connectivity index is 2.02. The molecule has 0 saturated heterocycles. The highest BCUT2D eigenvalue weighted by Gasteiger charge is 2.27. The predicted octanol–water partition coefficient (Wildman–Crippen LogP) is 7.90. The zero-order chi connectivity index (χ0) is 23.3. The largest absolute Gasteiger partial charge is 0.220 e. The minimum atomic E-state index is 0.0870. The van der Waals surface area contributed by atoms with Gasteiger partial charge < -0.3 is 0 Å². The van der Waals surface area contributed by atoms with Crippen molar-refractivity contribution in [3.05, 3.63) is 89.6 Å². The van der Waals surface area contributed by atoms with E-state index in [0.29, 0.717) is 0 Å². The van der Waals surface area contributed by atoms with E-state index in [0.717, 1.165) is 0 Å². The molecule has 0 unspecified atom stereocenters. The lowest BCUT2D eigenvalue weighted by molar-refractivity contribution is -0.659. The quantitative estimate of drug-likeness (QED) is 0.289. The van der Waals surface area contributed by atoms with Crippen LogP contribution in [0.3, 0.4) is 0 Å². The van der Waals surface area contributed by atoms with Crippen molar-refractivity contribution in [2.24, 2.45) is 7.05 Å². The van der Waals surface area contributed by atoms with Gasteiger partial charge in [0.15, 0.2) is 6.20 Å². The molecule has 0 fully saturated rings. The molecule has 0 aliphatic rings. The third kappa shape index (κ3) is 4.09. The van der Waals surface area contributed by atoms with E-state index in [2.05, 4.69) is 133 Å². The molecule has 1 heterocycles. The summed E-state index contributed by atoms with van der Waals surface area (Å²) < 4.78 is 2.28. The molecule has 1 heteroatoms. The number of aryl methyl sites for hydroxylation is 1. The molecule has 0 N–H and O–H groups in total. The van der Waals surface area contributed by atoms with Gasteiger partial charge >= 0.3 is 0 Å². The standard InChI is InChI=1S/C31H36N/c1-21-27(19-25(30(2,3)4)20-28(21)31(5,6)7)29-26-15-14-23(22-12-10-9-11-13-22)18-24(26)16-17-32(29)8/h9-20H,1-8H3/q+1. The van der Waals surface area contributed by atoms with Gasteiger partial charge in [-0.1, -0.05) is 84.0 Å². The van der Waals surface area contributed by atoms with Crippen LogP contribution in [-0.4, -0.2) is 0 Å². The first-order valence-corrected chi connectivity index (χ1v) is 11.6. The zero-order valence-corrected chi connectivity index (χ0v) is 20.9. The van der Waals surface area contributed by atoms with Crippen LogP contribution in [0.2, 0.25) is 0 Å². The Morgan fingerprint density at radius 3 is 2.00 bits per heavy atom. The molecule has 3 aromatic carbocycles. The third-order valence-corrected chi connectivity index (χ3v) is 6.58. The van der Waals surface area contributed by atoms with Crippen LogP contribution in [0.5, 0.6) is 0 Å². The summed E-state index contributed by atoms with van der Waals surface area (Å²) in [6, 6.07) is 24.6. The van der Waals surface area contributed by atoms with Gasteiger partial charge in [-0.25, -0.2) is 4.57 Å². The van der Waals surface area contributed by atoms with Gasteiger partial charge in [0.1, 0.15) is 7.05 Å². The number of rotatable bonds is 2. The van der Waals surface area contributed by atoms with E-state index in [9.17, 15) is 0 Å². The lowest BCUT2D eigenvalue weighted by Gasteiger charge is -2.28. The fourth-order valence-corrected chi connectivity index (χ4v) is 4.69. The van der Waals surface area contributed by atoms with Crippen molar-refractivity contribution in [3.8, 4) is 22.4 Å². The highest BCUT2D eigenvalue weighted by molar-refractivity contribution is 5.96. The molecule has 1 aromatic heterocycles. The minimum absolute atomic E-state index is 0.0870. The van der Waals surface area contributed by atoms with Crippen LogP contribution in [0.25, 0.3) is 33.2 Å². The molecule has 0 aliphatic heterocycles. The van der Waals surface area contributed by atoms with Crippen LogP contribution in [0.4, 0.5) is 0 Å². The molecule has 164 valence electrons. The van der Waals surface area contributed by atoms with Crippen molar-refractivity contribution in [1.29, 1.82) is 0 Å². The first-order valence-electron chi connectivity index (χ1n) is 11.6. The summed E-state index contributed by atoms with van der Waals surface area (Å²) in [5.41, 5.74) is 9.51. The van der Waals surface area contributed by atoms with Gasteiger partial charge in [0.25, 0.3) is 0 Å². The number of aromatic nitrogens is 1. The summed E-state index contributed by atoms with van der Waals surface area (Å²) in [7, 11) is 2.17. The number of pyridine rings is 1. The summed E-state index contributed by atoms with van der Waals surface area (Å²) in [5.74, 6) is 0. The second kappa shape index (κ2) is 7.89. The average molecular weight is 423 g/mol. The van der Waals surface area contributed by atoms with Crippen molar-refractivity contribution >= 4 is 10.8 Å². The van der Waals surface area contributed by atoms with Gasteiger partial charge in [0.2, 0.25) is 5.69 Å². The fraction of sp³-hybridized carbons (Fsp3) is 0.323. The number of hydrogen-bond acceptors (Lipinski definition) is 0. The lowest BCUT2D eigenvalue weighted by atomic mass is 9.76. The molecule has 0 saturated carbocycles. The smallest absolute Gasteiger partial charge is 0.200 e. The summed E-state index contributed by atoms with van der Waals surface area (Å²) in [4.78, 5) is 0. The van der Waals surface area contributed by atoms with E-state index < -0.39 is 0 Å². The fourth-order valence-electron chi connectivity index (χ4n) is 4.69. The van der Waals surface area contributed by atoms with Crippen LogP contribution in [0.1, 0.15) is 58.2 Å². The van der Waals surface area contributed by atoms with Gasteiger partial charge in [-0.05, 0) is 69.2 Å². The molecule has 0 bridgehead atoms. The van der Waals surface area contributed by atoms with Crippen LogP contribution in [0, 0.1) is 6.92 Å². The van der Waals surface area contributed by atoms with Gasteiger partial charge in [-0.15, -0.1) is 0 Å². The Bertz CT molecular complexity index is 1280. The summed E-state index contributed by atoms with van der Waals surface area (Å²) in [6.45, 7) is 16.2. The van der Waals surface area contributed by atoms with Crippen LogP contribution in [-0.2, 0) is 17.9 Å². The number of benzene rings is 3. The maximum Gasteiger partial charge on any atom is 0.220 e. The van der Waals surface area contributed by atoms with Crippen LogP contribution >= 0.6 is 0 Å². The monoisotopic (exact) mass is 422 g/mol. The SMILES string of the molecule is Cc1c(-c2c3ccc(-c4ccccc4)cc3cc[n+]2C)cc(C(C)(C)C)cc1C(C)(C)C. The zero-order valence-electron chi connectivity index (χ0n) is 20.9. The molecule has 4 aromatic rings. The molecule has 0 spiro atoms. The van der Waals surface area contributed by atoms with E-state index in [4.69, 9.17) is 0 Å². The first-order chi connectivity index (χ1) is 15.0. The second-order valence-corrected chi connectivity index (χ2v) is 11.1. The van der Waals surface area contributed by atoms with Crippen molar-refractivity contribution in [3.63, 3.8) is 0 Å². The number of nitrogens with zero attached hydrogens (tertiary/aromatic N) is 1. The topological polar surface area (TPSA) is 3.88 Å². The van der Waals surface area contributed by atoms with E-state index in [1.807, 2.05) is 0 Å². The summed E-state index contributed by atoms with van der Waals surface area (Å²) >= 11 is 0. The minimum Gasteiger partial charge on any atom is -0.200 e. The van der Waals surface area contributed by atoms with E-state index in [1.54, 1.807) is 0 Å². The molecule has 0 aliphatic carbocycles. The van der Waals surface area contributed by atoms with Gasteiger partial charge in [0, 0.05) is 6.07 Å². The molecule has 4 rings (SSSR count). The first kappa shape index (κ1) is 22.3. The van der Waals surface area contributed by atoms with Crippen molar-refractivity contribution in [2.45, 2.75) is 59.3 Å². The predicted molar refractivity (Wildman–Crippen MR) is 138 cm³/mol. The average Bonchev–Trinajstić information content (AvgIpc) is 2.73. The number of fused-ring (bicyclic) bond motifs is 1. The van der Waals surface area contributed by atoms with Crippen molar-refractivity contribution < 1.29 is 4.57 Å². The summed E-state index contributed by atoms with van der Waals surface area (Å²) in [6.07, 6.45) is 2.20. The maximum absolute atomic E-state index is 2.43. The molecule has 0 radical (unpaired) electrons. The third-order valence-electron chi connectivity index (χ3n) is 6.58. The lowest BCUT2D eigenvalue weighted by Crippen LogP contribution is -2.31. The molecule has 32 heavy (non-hydrogen) atoms. The van der Waals surface area contributed by atoms with Crippen molar-refractivity contribution in [1.82, 2.24) is 0 Å². The Morgan fingerprint density at radius 2 is 1.38 bits per heavy atom. The molecule has 0 amide bonds. The molecule has 1 nitrogen and oxygen atoms in total. The van der Waals surface area contributed by atoms with Crippen LogP contribution in [0.15, 0.2) is 72.9 Å². The van der Waals surface area contributed by atoms with Gasteiger partial charge in [-0.2, -0.15) is 0 Å². The van der Waals surface area contributed by atoms with E-state index >= 15 is 0 Å². The second-order valence-electron chi connectivity index (χ2n) is 11.1. The molecular weight excluding hydrogens is 386 g/mol. The Kier molecular flexibility index (Phi) is 5.49. The van der Waals surface area contributed by atoms with Crippen molar-refractivity contribution in [2.75, 3.05) is 0 Å². The molecule has 0 atom stereocenters. The number of hydrogen-bond donors (Lipinski definition) is 0.